The molecule has 1 N–H and O–H groups in total. The fourth-order valence-electron chi connectivity index (χ4n) is 3.63. The smallest absolute Gasteiger partial charge is 0.265 e. The molecule has 1 aliphatic heterocycles. The molecular weight excluding hydrogens is 408 g/mol. The lowest BCUT2D eigenvalue weighted by Gasteiger charge is -2.25. The topological polar surface area (TPSA) is 83.6 Å². The third-order valence-electron chi connectivity index (χ3n) is 5.25. The average Bonchev–Trinajstić information content (AvgIpc) is 3.32. The normalized spacial score (nSPS) is 18.2. The van der Waals surface area contributed by atoms with Crippen LogP contribution >= 0.6 is 11.3 Å². The zero-order valence-corrected chi connectivity index (χ0v) is 17.4. The Bertz CT molecular complexity index is 1170. The Morgan fingerprint density at radius 3 is 2.59 bits per heavy atom. The molecular formula is C21H20N2O4S2. The Hall–Kier alpha value is -2.71. The van der Waals surface area contributed by atoms with Crippen LogP contribution in [-0.2, 0) is 19.6 Å². The van der Waals surface area contributed by atoms with Gasteiger partial charge in [0.05, 0.1) is 12.0 Å². The van der Waals surface area contributed by atoms with Crippen molar-refractivity contribution in [2.45, 2.75) is 24.3 Å². The number of carbonyl (C=O) groups excluding carboxylic acids is 2. The van der Waals surface area contributed by atoms with Crippen molar-refractivity contribution < 1.29 is 18.0 Å². The first-order valence-corrected chi connectivity index (χ1v) is 11.6. The van der Waals surface area contributed by atoms with Crippen molar-refractivity contribution in [3.63, 3.8) is 0 Å². The summed E-state index contributed by atoms with van der Waals surface area (Å²) in [4.78, 5) is 26.9. The van der Waals surface area contributed by atoms with Crippen LogP contribution in [0.4, 0.5) is 0 Å². The van der Waals surface area contributed by atoms with Gasteiger partial charge in [-0.1, -0.05) is 48.5 Å². The van der Waals surface area contributed by atoms with E-state index >= 15 is 0 Å². The van der Waals surface area contributed by atoms with Crippen LogP contribution in [0.3, 0.4) is 0 Å². The minimum Gasteiger partial charge on any atom is -0.335 e. The summed E-state index contributed by atoms with van der Waals surface area (Å²) in [5, 5.41) is 2.11. The molecule has 0 radical (unpaired) electrons. The number of fused-ring (bicyclic) bond motifs is 1. The number of hydrogen-bond donors (Lipinski definition) is 1. The molecule has 2 amide bonds. The molecule has 2 heterocycles. The van der Waals surface area contributed by atoms with Crippen LogP contribution in [0.5, 0.6) is 0 Å². The molecule has 1 saturated heterocycles. The van der Waals surface area contributed by atoms with Gasteiger partial charge in [0.2, 0.25) is 11.8 Å². The molecule has 2 atom stereocenters. The van der Waals surface area contributed by atoms with E-state index in [2.05, 4.69) is 4.72 Å². The quantitative estimate of drug-likeness (QED) is 0.676. The van der Waals surface area contributed by atoms with E-state index in [1.807, 2.05) is 49.4 Å². The maximum absolute atomic E-state index is 12.8. The summed E-state index contributed by atoms with van der Waals surface area (Å²) in [6, 6.07) is 16.5. The minimum absolute atomic E-state index is 0.00289. The highest BCUT2D eigenvalue weighted by Crippen LogP contribution is 2.31. The van der Waals surface area contributed by atoms with Crippen LogP contribution in [0, 0.1) is 5.92 Å². The molecule has 1 fully saturated rings. The maximum atomic E-state index is 12.8. The lowest BCUT2D eigenvalue weighted by Crippen LogP contribution is -2.37. The summed E-state index contributed by atoms with van der Waals surface area (Å²) in [6.07, 6.45) is 0.00289. The van der Waals surface area contributed by atoms with E-state index in [-0.39, 0.29) is 29.8 Å². The van der Waals surface area contributed by atoms with Crippen molar-refractivity contribution in [1.29, 1.82) is 0 Å². The van der Waals surface area contributed by atoms with Gasteiger partial charge in [0.15, 0.2) is 0 Å². The van der Waals surface area contributed by atoms with Gasteiger partial charge in [-0.05, 0) is 18.6 Å². The van der Waals surface area contributed by atoms with Crippen molar-refractivity contribution in [2.75, 3.05) is 6.54 Å². The van der Waals surface area contributed by atoms with E-state index in [1.165, 1.54) is 16.7 Å². The SMILES string of the molecule is CC(c1ccccc1)N1CC(C(=O)NS(=O)(=O)c2csc3ccccc23)CC1=O. The van der Waals surface area contributed by atoms with E-state index in [0.29, 0.717) is 5.39 Å². The van der Waals surface area contributed by atoms with Crippen molar-refractivity contribution in [3.8, 4) is 0 Å². The third-order valence-corrected chi connectivity index (χ3v) is 7.75. The molecule has 2 aromatic carbocycles. The maximum Gasteiger partial charge on any atom is 0.265 e. The molecule has 8 heteroatoms. The number of rotatable bonds is 5. The van der Waals surface area contributed by atoms with Gasteiger partial charge in [0, 0.05) is 28.4 Å². The first-order valence-electron chi connectivity index (χ1n) is 9.24. The molecule has 6 nitrogen and oxygen atoms in total. The van der Waals surface area contributed by atoms with Crippen LogP contribution in [0.25, 0.3) is 10.1 Å². The van der Waals surface area contributed by atoms with Gasteiger partial charge in [0.1, 0.15) is 4.90 Å². The summed E-state index contributed by atoms with van der Waals surface area (Å²) in [6.45, 7) is 2.10. The summed E-state index contributed by atoms with van der Waals surface area (Å²) in [5.74, 6) is -1.50. The number of likely N-dealkylation sites (tertiary alicyclic amines) is 1. The highest BCUT2D eigenvalue weighted by Gasteiger charge is 2.38. The van der Waals surface area contributed by atoms with Crippen LogP contribution in [-0.4, -0.2) is 31.7 Å². The third kappa shape index (κ3) is 3.77. The predicted molar refractivity (Wildman–Crippen MR) is 112 cm³/mol. The zero-order chi connectivity index (χ0) is 20.6. The van der Waals surface area contributed by atoms with Crippen molar-refractivity contribution in [1.82, 2.24) is 9.62 Å². The summed E-state index contributed by atoms with van der Waals surface area (Å²) in [7, 11) is -4.01. The monoisotopic (exact) mass is 428 g/mol. The molecule has 0 bridgehead atoms. The van der Waals surface area contributed by atoms with Gasteiger partial charge in [-0.15, -0.1) is 11.3 Å². The van der Waals surface area contributed by atoms with Gasteiger partial charge >= 0.3 is 0 Å². The lowest BCUT2D eigenvalue weighted by molar-refractivity contribution is -0.130. The van der Waals surface area contributed by atoms with Crippen LogP contribution < -0.4 is 4.72 Å². The van der Waals surface area contributed by atoms with Gasteiger partial charge in [-0.3, -0.25) is 9.59 Å². The second-order valence-electron chi connectivity index (χ2n) is 7.10. The van der Waals surface area contributed by atoms with E-state index in [9.17, 15) is 18.0 Å². The van der Waals surface area contributed by atoms with Gasteiger partial charge in [0.25, 0.3) is 10.0 Å². The average molecular weight is 429 g/mol. The van der Waals surface area contributed by atoms with Crippen LogP contribution in [0.1, 0.15) is 24.9 Å². The first kappa shape index (κ1) is 19.6. The van der Waals surface area contributed by atoms with Crippen molar-refractivity contribution in [3.05, 3.63) is 65.5 Å². The van der Waals surface area contributed by atoms with Gasteiger partial charge in [-0.25, -0.2) is 13.1 Å². The molecule has 1 aromatic heterocycles. The second-order valence-corrected chi connectivity index (χ2v) is 9.66. The van der Waals surface area contributed by atoms with E-state index < -0.39 is 21.8 Å². The Morgan fingerprint density at radius 2 is 1.83 bits per heavy atom. The number of thiophene rings is 1. The number of benzene rings is 2. The molecule has 4 rings (SSSR count). The Balaban J connectivity index is 1.50. The largest absolute Gasteiger partial charge is 0.335 e. The molecule has 150 valence electrons. The first-order chi connectivity index (χ1) is 13.9. The number of nitrogens with one attached hydrogen (secondary N) is 1. The van der Waals surface area contributed by atoms with Gasteiger partial charge < -0.3 is 4.90 Å². The summed E-state index contributed by atoms with van der Waals surface area (Å²) >= 11 is 1.31. The predicted octanol–water partition coefficient (Wildman–Crippen LogP) is 3.32. The molecule has 3 aromatic rings. The van der Waals surface area contributed by atoms with Gasteiger partial charge in [-0.2, -0.15) is 0 Å². The summed E-state index contributed by atoms with van der Waals surface area (Å²) < 4.78 is 28.5. The second kappa shape index (κ2) is 7.61. The fraction of sp³-hybridized carbons (Fsp3) is 0.238. The number of nitrogens with zero attached hydrogens (tertiary/aromatic N) is 1. The van der Waals surface area contributed by atoms with Crippen LogP contribution in [0.2, 0.25) is 0 Å². The number of sulfonamides is 1. The van der Waals surface area contributed by atoms with Crippen molar-refractivity contribution >= 4 is 43.3 Å². The highest BCUT2D eigenvalue weighted by atomic mass is 32.2. The minimum atomic E-state index is -4.01. The molecule has 2 unspecified atom stereocenters. The Labute approximate surface area is 173 Å². The molecule has 0 aliphatic carbocycles. The number of hydrogen-bond acceptors (Lipinski definition) is 5. The highest BCUT2D eigenvalue weighted by molar-refractivity contribution is 7.90. The molecule has 0 spiro atoms. The zero-order valence-electron chi connectivity index (χ0n) is 15.7. The Kier molecular flexibility index (Phi) is 5.14. The summed E-state index contributed by atoms with van der Waals surface area (Å²) in [5.41, 5.74) is 0.972. The van der Waals surface area contributed by atoms with E-state index in [4.69, 9.17) is 0 Å². The van der Waals surface area contributed by atoms with Crippen molar-refractivity contribution in [2.24, 2.45) is 5.92 Å². The molecule has 0 saturated carbocycles. The van der Waals surface area contributed by atoms with E-state index in [0.717, 1.165) is 10.3 Å². The van der Waals surface area contributed by atoms with Crippen LogP contribution in [0.15, 0.2) is 64.9 Å². The lowest BCUT2D eigenvalue weighted by atomic mass is 10.1. The number of amides is 2. The Morgan fingerprint density at radius 1 is 1.14 bits per heavy atom. The molecule has 1 aliphatic rings. The van der Waals surface area contributed by atoms with E-state index in [1.54, 1.807) is 17.0 Å². The number of carbonyl (C=O) groups is 2. The molecule has 29 heavy (non-hydrogen) atoms. The fourth-order valence-corrected chi connectivity index (χ4v) is 6.17. The standard InChI is InChI=1S/C21H20N2O4S2/c1-14(15-7-3-2-4-8-15)23-12-16(11-20(23)24)21(25)22-29(26,27)19-13-28-18-10-6-5-9-17(18)19/h2-10,13-14,16H,11-12H2,1H3,(H,22,25).